The number of allylic oxidation sites excluding steroid dienone is 9. The largest absolute Gasteiger partial charge is 0.394 e. The molecule has 496 valence electrons. The molecular formula is C71H129NO13. The van der Waals surface area contributed by atoms with E-state index in [1.165, 1.54) is 212 Å². The average molecular weight is 1200 g/mol. The predicted molar refractivity (Wildman–Crippen MR) is 346 cm³/mol. The van der Waals surface area contributed by atoms with E-state index in [1.54, 1.807) is 6.08 Å². The summed E-state index contributed by atoms with van der Waals surface area (Å²) in [6.45, 7) is 2.73. The Kier molecular flexibility index (Phi) is 51.7. The third-order valence-corrected chi connectivity index (χ3v) is 16.9. The zero-order valence-corrected chi connectivity index (χ0v) is 53.8. The first-order valence-electron chi connectivity index (χ1n) is 35.0. The highest BCUT2D eigenvalue weighted by molar-refractivity contribution is 5.76. The zero-order chi connectivity index (χ0) is 61.6. The SMILES string of the molecule is CCCCCC/C=C/CC/C=C/C(O)C(COC1OC(CO)C(OC2OC(CO)C(O)C(O)C2O)C(O)C1O)NC(=O)CCCCCCCCCCCCCCCCCCCCCCCCCCCC/C=C\C/C=C\C/C=C\CCCCCCC. The van der Waals surface area contributed by atoms with Crippen LogP contribution in [0.3, 0.4) is 0 Å². The van der Waals surface area contributed by atoms with Gasteiger partial charge in [-0.3, -0.25) is 4.79 Å². The molecule has 0 aliphatic carbocycles. The number of carbonyl (C=O) groups excluding carboxylic acids is 1. The smallest absolute Gasteiger partial charge is 0.220 e. The van der Waals surface area contributed by atoms with Gasteiger partial charge in [-0.15, -0.1) is 0 Å². The second-order valence-corrected chi connectivity index (χ2v) is 24.6. The molecule has 0 aromatic heterocycles. The third kappa shape index (κ3) is 40.1. The Morgan fingerprint density at radius 2 is 0.788 bits per heavy atom. The molecule has 2 fully saturated rings. The first-order chi connectivity index (χ1) is 41.6. The van der Waals surface area contributed by atoms with E-state index in [4.69, 9.17) is 18.9 Å². The number of rotatable bonds is 57. The summed E-state index contributed by atoms with van der Waals surface area (Å²) >= 11 is 0. The molecule has 0 aromatic rings. The van der Waals surface area contributed by atoms with Crippen molar-refractivity contribution in [1.82, 2.24) is 5.32 Å². The molecule has 2 saturated heterocycles. The van der Waals surface area contributed by atoms with Gasteiger partial charge in [-0.1, -0.05) is 274 Å². The quantitative estimate of drug-likeness (QED) is 0.0204. The van der Waals surface area contributed by atoms with Crippen LogP contribution in [0.1, 0.15) is 290 Å². The van der Waals surface area contributed by atoms with Gasteiger partial charge in [0.2, 0.25) is 5.91 Å². The van der Waals surface area contributed by atoms with Crippen molar-refractivity contribution in [2.75, 3.05) is 19.8 Å². The van der Waals surface area contributed by atoms with E-state index in [-0.39, 0.29) is 18.9 Å². The molecular weight excluding hydrogens is 1070 g/mol. The number of aliphatic hydroxyl groups excluding tert-OH is 8. The first kappa shape index (κ1) is 78.8. The summed E-state index contributed by atoms with van der Waals surface area (Å²) in [6.07, 6.45) is 57.7. The highest BCUT2D eigenvalue weighted by Gasteiger charge is 2.51. The second kappa shape index (κ2) is 55.7. The first-order valence-corrected chi connectivity index (χ1v) is 35.0. The standard InChI is InChI=1S/C71H129NO13/c1-3-5-7-9-11-13-15-16-17-18-19-20-21-22-23-24-25-26-27-28-29-30-31-32-33-34-35-36-37-38-39-40-41-42-43-44-45-47-49-51-53-55-63(76)72-59(60(75)54-52-50-48-46-14-12-10-8-6-4-2)58-82-70-68(81)66(79)69(62(57-74)84-70)85-71-67(80)65(78)64(77)61(56-73)83-71/h14-16,18-19,21-22,46,52,54,59-62,64-71,73-75,77-81H,3-13,17,20,23-45,47-51,53,55-58H2,1-2H3,(H,72,76)/b16-15-,19-18-,22-21-,46-14+,54-52+. The van der Waals surface area contributed by atoms with Gasteiger partial charge >= 0.3 is 0 Å². The summed E-state index contributed by atoms with van der Waals surface area (Å²) in [4.78, 5) is 13.2. The summed E-state index contributed by atoms with van der Waals surface area (Å²) in [7, 11) is 0. The highest BCUT2D eigenvalue weighted by atomic mass is 16.7. The Labute approximate surface area is 517 Å². The van der Waals surface area contributed by atoms with E-state index in [0.29, 0.717) is 12.8 Å². The molecule has 2 heterocycles. The molecule has 1 amide bonds. The summed E-state index contributed by atoms with van der Waals surface area (Å²) in [5, 5.41) is 87.0. The summed E-state index contributed by atoms with van der Waals surface area (Å²) < 4.78 is 22.7. The fourth-order valence-corrected chi connectivity index (χ4v) is 11.3. The van der Waals surface area contributed by atoms with E-state index in [0.717, 1.165) is 44.9 Å². The van der Waals surface area contributed by atoms with E-state index in [2.05, 4.69) is 67.8 Å². The van der Waals surface area contributed by atoms with Crippen LogP contribution in [-0.4, -0.2) is 140 Å². The lowest BCUT2D eigenvalue weighted by atomic mass is 9.97. The summed E-state index contributed by atoms with van der Waals surface area (Å²) in [6, 6.07) is -0.929. The van der Waals surface area contributed by atoms with Crippen LogP contribution in [0.15, 0.2) is 60.8 Å². The normalized spacial score (nSPS) is 23.9. The number of hydrogen-bond donors (Lipinski definition) is 9. The van der Waals surface area contributed by atoms with Crippen LogP contribution in [0, 0.1) is 0 Å². The minimum atomic E-state index is -1.79. The zero-order valence-electron chi connectivity index (χ0n) is 53.8. The van der Waals surface area contributed by atoms with E-state index < -0.39 is 86.8 Å². The Morgan fingerprint density at radius 1 is 0.424 bits per heavy atom. The van der Waals surface area contributed by atoms with Gasteiger partial charge in [0.25, 0.3) is 0 Å². The fourth-order valence-electron chi connectivity index (χ4n) is 11.3. The van der Waals surface area contributed by atoms with Crippen molar-refractivity contribution in [3.05, 3.63) is 60.8 Å². The number of nitrogens with one attached hydrogen (secondary N) is 1. The highest BCUT2D eigenvalue weighted by Crippen LogP contribution is 2.30. The molecule has 0 spiro atoms. The molecule has 0 saturated carbocycles. The van der Waals surface area contributed by atoms with Crippen LogP contribution in [0.2, 0.25) is 0 Å². The average Bonchev–Trinajstić information content (AvgIpc) is 3.25. The van der Waals surface area contributed by atoms with E-state index >= 15 is 0 Å². The predicted octanol–water partition coefficient (Wildman–Crippen LogP) is 14.1. The molecule has 85 heavy (non-hydrogen) atoms. The van der Waals surface area contributed by atoms with Crippen LogP contribution >= 0.6 is 0 Å². The van der Waals surface area contributed by atoms with Crippen molar-refractivity contribution < 1.29 is 64.6 Å². The lowest BCUT2D eigenvalue weighted by Gasteiger charge is -2.46. The van der Waals surface area contributed by atoms with Crippen LogP contribution < -0.4 is 5.32 Å². The van der Waals surface area contributed by atoms with Crippen molar-refractivity contribution in [3.8, 4) is 0 Å². The van der Waals surface area contributed by atoms with Gasteiger partial charge in [-0.25, -0.2) is 0 Å². The lowest BCUT2D eigenvalue weighted by molar-refractivity contribution is -0.359. The molecule has 2 aliphatic heterocycles. The monoisotopic (exact) mass is 1200 g/mol. The maximum atomic E-state index is 13.2. The molecule has 12 unspecified atom stereocenters. The van der Waals surface area contributed by atoms with E-state index in [1.807, 2.05) is 6.08 Å². The van der Waals surface area contributed by atoms with Crippen molar-refractivity contribution in [1.29, 1.82) is 0 Å². The van der Waals surface area contributed by atoms with Crippen LogP contribution in [0.4, 0.5) is 0 Å². The third-order valence-electron chi connectivity index (χ3n) is 16.9. The number of aliphatic hydroxyl groups is 8. The van der Waals surface area contributed by atoms with Gasteiger partial charge in [0.1, 0.15) is 48.8 Å². The van der Waals surface area contributed by atoms with Crippen molar-refractivity contribution in [2.24, 2.45) is 0 Å². The molecule has 2 rings (SSSR count). The van der Waals surface area contributed by atoms with Crippen molar-refractivity contribution >= 4 is 5.91 Å². The Bertz CT molecular complexity index is 1660. The number of hydrogen-bond acceptors (Lipinski definition) is 13. The number of amides is 1. The Hall–Kier alpha value is -2.31. The maximum absolute atomic E-state index is 13.2. The number of ether oxygens (including phenoxy) is 4. The molecule has 9 N–H and O–H groups in total. The molecule has 14 heteroatoms. The fraction of sp³-hybridized carbons (Fsp3) is 0.845. The van der Waals surface area contributed by atoms with Gasteiger partial charge < -0.3 is 65.1 Å². The summed E-state index contributed by atoms with van der Waals surface area (Å²) in [5.41, 5.74) is 0. The van der Waals surface area contributed by atoms with Gasteiger partial charge in [-0.2, -0.15) is 0 Å². The number of carbonyl (C=O) groups is 1. The molecule has 0 radical (unpaired) electrons. The minimum absolute atomic E-state index is 0.248. The molecule has 2 aliphatic rings. The van der Waals surface area contributed by atoms with Crippen LogP contribution in [0.5, 0.6) is 0 Å². The molecule has 14 nitrogen and oxygen atoms in total. The van der Waals surface area contributed by atoms with Crippen molar-refractivity contribution in [2.45, 2.75) is 364 Å². The Morgan fingerprint density at radius 3 is 1.25 bits per heavy atom. The van der Waals surface area contributed by atoms with Crippen LogP contribution in [-0.2, 0) is 23.7 Å². The molecule has 12 atom stereocenters. The molecule has 0 bridgehead atoms. The summed E-state index contributed by atoms with van der Waals surface area (Å²) in [5.74, 6) is -0.248. The number of unbranched alkanes of at least 4 members (excludes halogenated alkanes) is 36. The minimum Gasteiger partial charge on any atom is -0.394 e. The van der Waals surface area contributed by atoms with Gasteiger partial charge in [0.15, 0.2) is 12.6 Å². The van der Waals surface area contributed by atoms with Gasteiger partial charge in [0, 0.05) is 6.42 Å². The lowest BCUT2D eigenvalue weighted by Crippen LogP contribution is -2.65. The Balaban J connectivity index is 1.51. The van der Waals surface area contributed by atoms with Gasteiger partial charge in [0.05, 0.1) is 32.0 Å². The van der Waals surface area contributed by atoms with Crippen molar-refractivity contribution in [3.63, 3.8) is 0 Å². The van der Waals surface area contributed by atoms with Crippen LogP contribution in [0.25, 0.3) is 0 Å². The van der Waals surface area contributed by atoms with Gasteiger partial charge in [-0.05, 0) is 70.6 Å². The van der Waals surface area contributed by atoms with E-state index in [9.17, 15) is 45.6 Å². The maximum Gasteiger partial charge on any atom is 0.220 e. The second-order valence-electron chi connectivity index (χ2n) is 24.6. The topological polar surface area (TPSA) is 228 Å². The molecule has 0 aromatic carbocycles.